The number of nitrogens with zero attached hydrogens (tertiary/aromatic N) is 1. The number of hydrogen-bond acceptors (Lipinski definition) is 1. The molecule has 1 atom stereocenters. The topological polar surface area (TPSA) is 3.24 Å². The first kappa shape index (κ1) is 12.8. The molecule has 1 aromatic rings. The Balaban J connectivity index is 2.79. The fraction of sp³-hybridized carbons (Fsp3) is 0.467. The van der Waals surface area contributed by atoms with E-state index in [9.17, 15) is 0 Å². The number of hydrogen-bond donors (Lipinski definition) is 0. The lowest BCUT2D eigenvalue weighted by molar-refractivity contribution is 0.384. The number of allylic oxidation sites excluding steroid dienone is 1. The molecule has 0 aromatic heterocycles. The van der Waals surface area contributed by atoms with Crippen LogP contribution in [0.4, 0.5) is 0 Å². The van der Waals surface area contributed by atoms with E-state index in [0.717, 1.165) is 13.0 Å². The minimum atomic E-state index is 0.456. The number of rotatable bonds is 6. The van der Waals surface area contributed by atoms with Crippen molar-refractivity contribution in [2.45, 2.75) is 32.6 Å². The number of likely N-dealkylation sites (N-methyl/N-ethyl adjacent to an activating group) is 1. The Labute approximate surface area is 99.8 Å². The lowest BCUT2D eigenvalue weighted by atomic mass is 9.93. The normalized spacial score (nSPS) is 12.2. The molecule has 0 radical (unpaired) electrons. The lowest BCUT2D eigenvalue weighted by Crippen LogP contribution is -2.22. The molecule has 1 unspecified atom stereocenters. The summed E-state index contributed by atoms with van der Waals surface area (Å²) in [7, 11) is 2.14. The van der Waals surface area contributed by atoms with E-state index in [0.29, 0.717) is 5.92 Å². The standard InChI is InChI=1S/C15H23N/c1-5-12-16(4)13(3)15(6-2)14-10-8-7-9-11-14/h7-11,15H,3,5-6,12H2,1-2,4H3. The molecule has 1 rings (SSSR count). The molecule has 0 aliphatic carbocycles. The summed E-state index contributed by atoms with van der Waals surface area (Å²) < 4.78 is 0. The van der Waals surface area contributed by atoms with Gasteiger partial charge in [0.1, 0.15) is 0 Å². The van der Waals surface area contributed by atoms with E-state index in [1.54, 1.807) is 0 Å². The Morgan fingerprint density at radius 1 is 1.25 bits per heavy atom. The quantitative estimate of drug-likeness (QED) is 0.695. The molecular weight excluding hydrogens is 194 g/mol. The second kappa shape index (κ2) is 6.37. The Hall–Kier alpha value is -1.24. The van der Waals surface area contributed by atoms with Crippen LogP contribution in [0.2, 0.25) is 0 Å². The van der Waals surface area contributed by atoms with Crippen molar-refractivity contribution in [3.8, 4) is 0 Å². The molecule has 1 heteroatoms. The number of benzene rings is 1. The first-order valence-corrected chi connectivity index (χ1v) is 6.15. The Morgan fingerprint density at radius 3 is 2.38 bits per heavy atom. The summed E-state index contributed by atoms with van der Waals surface area (Å²) in [6.07, 6.45) is 2.28. The summed E-state index contributed by atoms with van der Waals surface area (Å²) in [5, 5.41) is 0. The summed E-state index contributed by atoms with van der Waals surface area (Å²) >= 11 is 0. The lowest BCUT2D eigenvalue weighted by Gasteiger charge is -2.28. The Kier molecular flexibility index (Phi) is 5.10. The highest BCUT2D eigenvalue weighted by Crippen LogP contribution is 2.27. The molecule has 0 aliphatic rings. The van der Waals surface area contributed by atoms with Crippen LogP contribution in [-0.2, 0) is 0 Å². The highest BCUT2D eigenvalue weighted by Gasteiger charge is 2.15. The minimum Gasteiger partial charge on any atom is -0.378 e. The first-order chi connectivity index (χ1) is 7.70. The third-order valence-corrected chi connectivity index (χ3v) is 3.06. The van der Waals surface area contributed by atoms with Crippen molar-refractivity contribution in [2.24, 2.45) is 0 Å². The highest BCUT2D eigenvalue weighted by atomic mass is 15.1. The average molecular weight is 217 g/mol. The second-order valence-corrected chi connectivity index (χ2v) is 4.28. The van der Waals surface area contributed by atoms with E-state index in [2.05, 4.69) is 62.7 Å². The average Bonchev–Trinajstić information content (AvgIpc) is 2.31. The molecular formula is C15H23N. The molecule has 1 aromatic carbocycles. The largest absolute Gasteiger partial charge is 0.378 e. The summed E-state index contributed by atoms with van der Waals surface area (Å²) in [5.74, 6) is 0.456. The van der Waals surface area contributed by atoms with Crippen LogP contribution in [0.25, 0.3) is 0 Å². The van der Waals surface area contributed by atoms with Gasteiger partial charge in [0, 0.05) is 25.2 Å². The van der Waals surface area contributed by atoms with Crippen molar-refractivity contribution in [3.63, 3.8) is 0 Å². The summed E-state index contributed by atoms with van der Waals surface area (Å²) in [6.45, 7) is 9.76. The maximum atomic E-state index is 4.25. The third kappa shape index (κ3) is 3.13. The Morgan fingerprint density at radius 2 is 1.88 bits per heavy atom. The van der Waals surface area contributed by atoms with E-state index < -0.39 is 0 Å². The van der Waals surface area contributed by atoms with Gasteiger partial charge in [0.15, 0.2) is 0 Å². The van der Waals surface area contributed by atoms with E-state index >= 15 is 0 Å². The van der Waals surface area contributed by atoms with Crippen molar-refractivity contribution < 1.29 is 0 Å². The second-order valence-electron chi connectivity index (χ2n) is 4.28. The highest BCUT2D eigenvalue weighted by molar-refractivity contribution is 5.26. The predicted octanol–water partition coefficient (Wildman–Crippen LogP) is 4.04. The maximum Gasteiger partial charge on any atom is 0.0230 e. The van der Waals surface area contributed by atoms with Crippen LogP contribution in [-0.4, -0.2) is 18.5 Å². The molecule has 1 nitrogen and oxygen atoms in total. The van der Waals surface area contributed by atoms with E-state index in [4.69, 9.17) is 0 Å². The van der Waals surface area contributed by atoms with Gasteiger partial charge in [-0.25, -0.2) is 0 Å². The fourth-order valence-electron chi connectivity index (χ4n) is 2.09. The van der Waals surface area contributed by atoms with Gasteiger partial charge in [-0.15, -0.1) is 0 Å². The molecule has 88 valence electrons. The van der Waals surface area contributed by atoms with Crippen LogP contribution in [0.1, 0.15) is 38.2 Å². The molecule has 0 saturated carbocycles. The van der Waals surface area contributed by atoms with Crippen molar-refractivity contribution >= 4 is 0 Å². The van der Waals surface area contributed by atoms with Crippen molar-refractivity contribution in [1.29, 1.82) is 0 Å². The van der Waals surface area contributed by atoms with Gasteiger partial charge in [0.25, 0.3) is 0 Å². The zero-order valence-corrected chi connectivity index (χ0v) is 10.7. The van der Waals surface area contributed by atoms with E-state index in [1.807, 2.05) is 0 Å². The van der Waals surface area contributed by atoms with Crippen molar-refractivity contribution in [3.05, 3.63) is 48.2 Å². The molecule has 0 fully saturated rings. The van der Waals surface area contributed by atoms with Gasteiger partial charge in [-0.1, -0.05) is 50.8 Å². The molecule has 0 amide bonds. The van der Waals surface area contributed by atoms with Crippen LogP contribution < -0.4 is 0 Å². The van der Waals surface area contributed by atoms with Crippen LogP contribution in [0, 0.1) is 0 Å². The Bertz CT molecular complexity index is 315. The van der Waals surface area contributed by atoms with Crippen LogP contribution in [0.5, 0.6) is 0 Å². The van der Waals surface area contributed by atoms with Gasteiger partial charge in [0.05, 0.1) is 0 Å². The van der Waals surface area contributed by atoms with Gasteiger partial charge in [-0.05, 0) is 18.4 Å². The van der Waals surface area contributed by atoms with E-state index in [1.165, 1.54) is 17.7 Å². The molecule has 0 N–H and O–H groups in total. The van der Waals surface area contributed by atoms with Gasteiger partial charge >= 0.3 is 0 Å². The fourth-order valence-corrected chi connectivity index (χ4v) is 2.09. The maximum absolute atomic E-state index is 4.25. The summed E-state index contributed by atoms with van der Waals surface area (Å²) in [4.78, 5) is 2.28. The van der Waals surface area contributed by atoms with Crippen molar-refractivity contribution in [2.75, 3.05) is 13.6 Å². The predicted molar refractivity (Wildman–Crippen MR) is 71.5 cm³/mol. The molecule has 0 spiro atoms. The van der Waals surface area contributed by atoms with Gasteiger partial charge < -0.3 is 4.90 Å². The molecule has 0 bridgehead atoms. The van der Waals surface area contributed by atoms with E-state index in [-0.39, 0.29) is 0 Å². The molecule has 0 saturated heterocycles. The zero-order valence-electron chi connectivity index (χ0n) is 10.7. The van der Waals surface area contributed by atoms with Crippen LogP contribution >= 0.6 is 0 Å². The summed E-state index contributed by atoms with van der Waals surface area (Å²) in [5.41, 5.74) is 2.61. The minimum absolute atomic E-state index is 0.456. The van der Waals surface area contributed by atoms with Gasteiger partial charge in [-0.2, -0.15) is 0 Å². The zero-order chi connectivity index (χ0) is 12.0. The summed E-state index contributed by atoms with van der Waals surface area (Å²) in [6, 6.07) is 10.7. The molecule has 0 aliphatic heterocycles. The smallest absolute Gasteiger partial charge is 0.0230 e. The monoisotopic (exact) mass is 217 g/mol. The van der Waals surface area contributed by atoms with Crippen LogP contribution in [0.3, 0.4) is 0 Å². The molecule has 0 heterocycles. The van der Waals surface area contributed by atoms with Gasteiger partial charge in [-0.3, -0.25) is 0 Å². The SMILES string of the molecule is C=C(C(CC)c1ccccc1)N(C)CCC. The van der Waals surface area contributed by atoms with Crippen LogP contribution in [0.15, 0.2) is 42.6 Å². The third-order valence-electron chi connectivity index (χ3n) is 3.06. The molecule has 16 heavy (non-hydrogen) atoms. The van der Waals surface area contributed by atoms with Crippen molar-refractivity contribution in [1.82, 2.24) is 4.90 Å². The first-order valence-electron chi connectivity index (χ1n) is 6.15. The van der Waals surface area contributed by atoms with Gasteiger partial charge in [0.2, 0.25) is 0 Å².